The van der Waals surface area contributed by atoms with E-state index in [1.165, 1.54) is 26.2 Å². The first kappa shape index (κ1) is 30.5. The molecule has 1 aliphatic rings. The predicted molar refractivity (Wildman–Crippen MR) is 140 cm³/mol. The molecule has 4 unspecified atom stereocenters. The number of nitrogens with zero attached hydrogens (tertiary/aromatic N) is 1. The van der Waals surface area contributed by atoms with E-state index in [9.17, 15) is 31.8 Å². The Bertz CT molecular complexity index is 1260. The number of methoxy groups -OCH3 is 1. The quantitative estimate of drug-likeness (QED) is 0.136. The van der Waals surface area contributed by atoms with E-state index >= 15 is 0 Å². The number of carbonyl (C=O) groups excluding carboxylic acids is 3. The van der Waals surface area contributed by atoms with Crippen LogP contribution in [0.5, 0.6) is 5.75 Å². The van der Waals surface area contributed by atoms with Gasteiger partial charge in [0.1, 0.15) is 28.4 Å². The summed E-state index contributed by atoms with van der Waals surface area (Å²) in [7, 11) is 5.17. The van der Waals surface area contributed by atoms with Gasteiger partial charge < -0.3 is 19.7 Å². The van der Waals surface area contributed by atoms with Crippen molar-refractivity contribution in [1.29, 1.82) is 0 Å². The van der Waals surface area contributed by atoms with Gasteiger partial charge in [-0.15, -0.1) is 11.8 Å². The van der Waals surface area contributed by atoms with E-state index in [-0.39, 0.29) is 17.9 Å². The third-order valence-corrected chi connectivity index (χ3v) is 8.08. The van der Waals surface area contributed by atoms with Crippen molar-refractivity contribution in [3.63, 3.8) is 0 Å². The molecule has 3 rings (SSSR count). The van der Waals surface area contributed by atoms with E-state index < -0.39 is 57.0 Å². The highest BCUT2D eigenvalue weighted by molar-refractivity contribution is 8.08. The van der Waals surface area contributed by atoms with Gasteiger partial charge in [-0.2, -0.15) is 13.2 Å². The number of benzene rings is 2. The molecule has 8 nitrogen and oxygen atoms in total. The van der Waals surface area contributed by atoms with Crippen molar-refractivity contribution in [2.45, 2.75) is 42.1 Å². The molecule has 2 aromatic rings. The highest BCUT2D eigenvalue weighted by atomic mass is 35.7. The second kappa shape index (κ2) is 12.9. The second-order valence-electron chi connectivity index (χ2n) is 8.45. The molecule has 0 spiro atoms. The van der Waals surface area contributed by atoms with E-state index in [2.05, 4.69) is 11.9 Å². The molecule has 1 heterocycles. The maximum absolute atomic E-state index is 13.0. The largest absolute Gasteiger partial charge is 0.497 e. The summed E-state index contributed by atoms with van der Waals surface area (Å²) in [6, 6.07) is 8.44. The van der Waals surface area contributed by atoms with Crippen molar-refractivity contribution < 1.29 is 41.2 Å². The van der Waals surface area contributed by atoms with Gasteiger partial charge in [0.15, 0.2) is 11.4 Å². The van der Waals surface area contributed by atoms with E-state index in [0.29, 0.717) is 16.2 Å². The van der Waals surface area contributed by atoms with E-state index in [1.807, 2.05) is 0 Å². The summed E-state index contributed by atoms with van der Waals surface area (Å²) in [5.74, 6) is -1.78. The van der Waals surface area contributed by atoms with Crippen LogP contribution in [0, 0.1) is 0 Å². The molecule has 4 atom stereocenters. The number of hydrogen-bond donors (Lipinski definition) is 1. The lowest BCUT2D eigenvalue weighted by Gasteiger charge is -2.48. The smallest absolute Gasteiger partial charge is 0.416 e. The number of esters is 1. The Labute approximate surface area is 233 Å². The van der Waals surface area contributed by atoms with Crippen LogP contribution in [0.4, 0.5) is 13.2 Å². The zero-order valence-corrected chi connectivity index (χ0v) is 23.1. The summed E-state index contributed by atoms with van der Waals surface area (Å²) >= 11 is 0.950. The molecule has 0 saturated carbocycles. The summed E-state index contributed by atoms with van der Waals surface area (Å²) < 4.78 is 60.9. The normalized spacial score (nSPS) is 18.5. The predicted octanol–water partition coefficient (Wildman–Crippen LogP) is 4.05. The maximum atomic E-state index is 13.0. The molecule has 1 N–H and O–H groups in total. The van der Waals surface area contributed by atoms with Gasteiger partial charge >= 0.3 is 12.1 Å². The molecular formula is C25H24ClF3N2O6S2. The van der Waals surface area contributed by atoms with Gasteiger partial charge in [0, 0.05) is 4.90 Å². The Morgan fingerprint density at radius 1 is 1.18 bits per heavy atom. The van der Waals surface area contributed by atoms with Crippen LogP contribution in [0.25, 0.3) is 0 Å². The van der Waals surface area contributed by atoms with E-state index in [0.717, 1.165) is 28.8 Å². The van der Waals surface area contributed by atoms with Crippen LogP contribution in [-0.4, -0.2) is 57.2 Å². The molecule has 2 aromatic carbocycles. The van der Waals surface area contributed by atoms with Gasteiger partial charge in [0.25, 0.3) is 0 Å². The first-order chi connectivity index (χ1) is 18.3. The molecule has 39 heavy (non-hydrogen) atoms. The lowest BCUT2D eigenvalue weighted by molar-refractivity contribution is -0.163. The SMILES string of the molecule is C=C(C)C(C(=O)OCc1ccc(OC)cc1)N1C(=O)C(NC(=O)CSc2ccc(C(F)(F)F)cc2)C1S(=O)Cl. The van der Waals surface area contributed by atoms with Crippen LogP contribution in [0.1, 0.15) is 18.1 Å². The van der Waals surface area contributed by atoms with Crippen molar-refractivity contribution in [3.8, 4) is 5.75 Å². The fraction of sp³-hybridized carbons (Fsp3) is 0.320. The molecule has 0 bridgehead atoms. The highest BCUT2D eigenvalue weighted by Crippen LogP contribution is 2.32. The Morgan fingerprint density at radius 2 is 1.79 bits per heavy atom. The minimum atomic E-state index is -4.48. The molecule has 0 aliphatic carbocycles. The average molecular weight is 605 g/mol. The maximum Gasteiger partial charge on any atom is 0.416 e. The number of nitrogens with one attached hydrogen (secondary N) is 1. The molecular weight excluding hydrogens is 581 g/mol. The monoisotopic (exact) mass is 604 g/mol. The number of likely N-dealkylation sites (tertiary alicyclic amines) is 1. The number of rotatable bonds is 11. The van der Waals surface area contributed by atoms with Gasteiger partial charge in [-0.05, 0) is 65.1 Å². The minimum absolute atomic E-state index is 0.107. The summed E-state index contributed by atoms with van der Waals surface area (Å²) in [6.07, 6.45) is -4.48. The van der Waals surface area contributed by atoms with Crippen LogP contribution in [0.3, 0.4) is 0 Å². The molecule has 2 amide bonds. The van der Waals surface area contributed by atoms with Crippen molar-refractivity contribution >= 4 is 50.2 Å². The second-order valence-corrected chi connectivity index (χ2v) is 11.4. The standard InChI is InChI=1S/C25H24ClF3N2O6S2/c1-14(2)21(24(34)37-12-15-4-8-17(36-3)9-5-15)31-22(33)20(23(31)39(26)35)30-19(32)13-38-18-10-6-16(7-11-18)25(27,28)29/h4-11,20-21,23H,1,12-13H2,2-3H3,(H,30,32). The van der Waals surface area contributed by atoms with Crippen molar-refractivity contribution in [3.05, 3.63) is 71.8 Å². The Hall–Kier alpha value is -3.03. The van der Waals surface area contributed by atoms with Crippen molar-refractivity contribution in [1.82, 2.24) is 10.2 Å². The number of alkyl halides is 3. The number of ether oxygens (including phenoxy) is 2. The fourth-order valence-corrected chi connectivity index (χ4v) is 5.78. The van der Waals surface area contributed by atoms with Gasteiger partial charge in [0.2, 0.25) is 11.8 Å². The van der Waals surface area contributed by atoms with Gasteiger partial charge in [-0.3, -0.25) is 9.59 Å². The highest BCUT2D eigenvalue weighted by Gasteiger charge is 2.56. The lowest BCUT2D eigenvalue weighted by Crippen LogP contribution is -2.75. The van der Waals surface area contributed by atoms with Crippen molar-refractivity contribution in [2.75, 3.05) is 12.9 Å². The average Bonchev–Trinajstić information content (AvgIpc) is 2.89. The fourth-order valence-electron chi connectivity index (χ4n) is 3.70. The summed E-state index contributed by atoms with van der Waals surface area (Å²) in [5.41, 5.74) is 0.0732. The first-order valence-corrected chi connectivity index (χ1v) is 14.3. The first-order valence-electron chi connectivity index (χ1n) is 11.3. The van der Waals surface area contributed by atoms with Crippen LogP contribution in [0.15, 0.2) is 65.6 Å². The number of halogens is 4. The van der Waals surface area contributed by atoms with E-state index in [4.69, 9.17) is 20.2 Å². The van der Waals surface area contributed by atoms with Crippen LogP contribution < -0.4 is 10.1 Å². The minimum Gasteiger partial charge on any atom is -0.497 e. The van der Waals surface area contributed by atoms with Crippen LogP contribution in [-0.2, 0) is 41.9 Å². The van der Waals surface area contributed by atoms with Crippen molar-refractivity contribution in [2.24, 2.45) is 0 Å². The summed E-state index contributed by atoms with van der Waals surface area (Å²) in [4.78, 5) is 39.7. The number of β-lactam (4-membered cyclic amide) rings is 1. The van der Waals surface area contributed by atoms with Crippen LogP contribution >= 0.6 is 22.4 Å². The number of amides is 2. The summed E-state index contributed by atoms with van der Waals surface area (Å²) in [6.45, 7) is 5.13. The number of thioether (sulfide) groups is 1. The Kier molecular flexibility index (Phi) is 10.1. The Balaban J connectivity index is 1.62. The number of hydrogen-bond acceptors (Lipinski definition) is 7. The van der Waals surface area contributed by atoms with Gasteiger partial charge in [-0.1, -0.05) is 18.7 Å². The van der Waals surface area contributed by atoms with Crippen LogP contribution in [0.2, 0.25) is 0 Å². The zero-order chi connectivity index (χ0) is 28.9. The van der Waals surface area contributed by atoms with Gasteiger partial charge in [0.05, 0.1) is 18.4 Å². The molecule has 14 heteroatoms. The molecule has 1 fully saturated rings. The zero-order valence-electron chi connectivity index (χ0n) is 20.7. The molecule has 1 saturated heterocycles. The molecule has 0 radical (unpaired) electrons. The Morgan fingerprint density at radius 3 is 2.31 bits per heavy atom. The molecule has 0 aromatic heterocycles. The number of carbonyl (C=O) groups is 3. The topological polar surface area (TPSA) is 102 Å². The third-order valence-electron chi connectivity index (χ3n) is 5.65. The van der Waals surface area contributed by atoms with E-state index in [1.54, 1.807) is 24.3 Å². The molecule has 210 valence electrons. The lowest BCUT2D eigenvalue weighted by atomic mass is 9.99. The van der Waals surface area contributed by atoms with Gasteiger partial charge in [-0.25, -0.2) is 9.00 Å². The summed E-state index contributed by atoms with van der Waals surface area (Å²) in [5, 5.41) is 1.19. The molecule has 1 aliphatic heterocycles. The third kappa shape index (κ3) is 7.55.